The zero-order valence-electron chi connectivity index (χ0n) is 9.34. The maximum Gasteiger partial charge on any atom is 0.324 e. The minimum Gasteiger partial charge on any atom is -0.396 e. The van der Waals surface area contributed by atoms with Crippen molar-refractivity contribution in [2.45, 2.75) is 26.4 Å². The molecule has 0 radical (unpaired) electrons. The second-order valence-corrected chi connectivity index (χ2v) is 4.77. The third kappa shape index (κ3) is 3.55. The molecule has 6 heteroatoms. The van der Waals surface area contributed by atoms with E-state index in [1.165, 1.54) is 0 Å². The molecule has 1 rings (SSSR count). The molecule has 0 aliphatic carbocycles. The normalized spacial score (nSPS) is 14.7. The van der Waals surface area contributed by atoms with Crippen LogP contribution in [0.15, 0.2) is 11.4 Å². The van der Waals surface area contributed by atoms with Gasteiger partial charge in [0.2, 0.25) is 0 Å². The number of hydrogen-bond acceptors (Lipinski definition) is 5. The molecule has 0 fully saturated rings. The van der Waals surface area contributed by atoms with Gasteiger partial charge in [-0.25, -0.2) is 0 Å². The zero-order chi connectivity index (χ0) is 12.1. The number of thiophene rings is 1. The van der Waals surface area contributed by atoms with E-state index in [-0.39, 0.29) is 28.5 Å². The highest BCUT2D eigenvalue weighted by atomic mass is 32.1. The molecule has 2 unspecified atom stereocenters. The van der Waals surface area contributed by atoms with Crippen molar-refractivity contribution in [2.75, 3.05) is 6.61 Å². The molecular formula is C10H16N2O3S. The van der Waals surface area contributed by atoms with Crippen LogP contribution in [0, 0.1) is 16.0 Å². The highest BCUT2D eigenvalue weighted by Gasteiger charge is 2.12. The quantitative estimate of drug-likeness (QED) is 0.590. The summed E-state index contributed by atoms with van der Waals surface area (Å²) in [5, 5.41) is 24.6. The highest BCUT2D eigenvalue weighted by Crippen LogP contribution is 2.22. The van der Waals surface area contributed by atoms with E-state index in [4.69, 9.17) is 5.11 Å². The molecule has 0 aromatic carbocycles. The first kappa shape index (κ1) is 13.1. The molecule has 90 valence electrons. The van der Waals surface area contributed by atoms with Crippen molar-refractivity contribution in [3.63, 3.8) is 0 Å². The number of rotatable bonds is 6. The van der Waals surface area contributed by atoms with Crippen LogP contribution >= 0.6 is 11.3 Å². The summed E-state index contributed by atoms with van der Waals surface area (Å²) in [6.07, 6.45) is 0. The van der Waals surface area contributed by atoms with Gasteiger partial charge in [-0.2, -0.15) is 0 Å². The number of aliphatic hydroxyl groups excluding tert-OH is 1. The number of nitro groups is 1. The van der Waals surface area contributed by atoms with Gasteiger partial charge < -0.3 is 10.4 Å². The van der Waals surface area contributed by atoms with Crippen LogP contribution in [0.5, 0.6) is 0 Å². The summed E-state index contributed by atoms with van der Waals surface area (Å²) in [5.41, 5.74) is 0.911. The van der Waals surface area contributed by atoms with Crippen LogP contribution in [0.2, 0.25) is 0 Å². The maximum atomic E-state index is 10.5. The monoisotopic (exact) mass is 244 g/mol. The Hall–Kier alpha value is -0.980. The van der Waals surface area contributed by atoms with Gasteiger partial charge in [-0.3, -0.25) is 10.1 Å². The second kappa shape index (κ2) is 5.93. The average Bonchev–Trinajstić information content (AvgIpc) is 2.73. The smallest absolute Gasteiger partial charge is 0.324 e. The van der Waals surface area contributed by atoms with Crippen LogP contribution in [0.3, 0.4) is 0 Å². The first-order valence-corrected chi connectivity index (χ1v) is 5.98. The van der Waals surface area contributed by atoms with E-state index in [0.29, 0.717) is 6.54 Å². The molecule has 16 heavy (non-hydrogen) atoms. The molecule has 0 aliphatic rings. The first-order valence-electron chi connectivity index (χ1n) is 5.10. The van der Waals surface area contributed by atoms with E-state index in [9.17, 15) is 10.1 Å². The van der Waals surface area contributed by atoms with E-state index < -0.39 is 0 Å². The highest BCUT2D eigenvalue weighted by molar-refractivity contribution is 7.13. The Morgan fingerprint density at radius 3 is 2.81 bits per heavy atom. The summed E-state index contributed by atoms with van der Waals surface area (Å²) in [7, 11) is 0. The molecule has 0 amide bonds. The summed E-state index contributed by atoms with van der Waals surface area (Å²) < 4.78 is 0. The van der Waals surface area contributed by atoms with E-state index in [0.717, 1.165) is 16.9 Å². The predicted octanol–water partition coefficient (Wildman–Crippen LogP) is 1.76. The van der Waals surface area contributed by atoms with E-state index >= 15 is 0 Å². The van der Waals surface area contributed by atoms with Crippen molar-refractivity contribution < 1.29 is 10.0 Å². The molecule has 2 atom stereocenters. The minimum absolute atomic E-state index is 0.137. The second-order valence-electron chi connectivity index (χ2n) is 3.88. The van der Waals surface area contributed by atoms with Gasteiger partial charge in [-0.1, -0.05) is 18.3 Å². The molecule has 0 spiro atoms. The fraction of sp³-hybridized carbons (Fsp3) is 0.600. The van der Waals surface area contributed by atoms with Crippen molar-refractivity contribution in [1.29, 1.82) is 0 Å². The standard InChI is InChI=1S/C10H16N2O3S/c1-7(5-13)8(2)11-4-9-3-10(12(14)15)16-6-9/h3,6-8,11,13H,4-5H2,1-2H3. The van der Waals surface area contributed by atoms with Gasteiger partial charge >= 0.3 is 5.00 Å². The van der Waals surface area contributed by atoms with Crippen LogP contribution in [0.25, 0.3) is 0 Å². The molecule has 0 saturated carbocycles. The number of hydrogen-bond donors (Lipinski definition) is 2. The summed E-state index contributed by atoms with van der Waals surface area (Å²) in [4.78, 5) is 10.1. The van der Waals surface area contributed by atoms with Crippen molar-refractivity contribution >= 4 is 16.3 Å². The molecule has 1 aromatic heterocycles. The fourth-order valence-electron chi connectivity index (χ4n) is 1.19. The van der Waals surface area contributed by atoms with Crippen LogP contribution in [-0.4, -0.2) is 22.7 Å². The number of nitrogens with zero attached hydrogens (tertiary/aromatic N) is 1. The topological polar surface area (TPSA) is 75.4 Å². The van der Waals surface area contributed by atoms with Crippen molar-refractivity contribution in [3.8, 4) is 0 Å². The average molecular weight is 244 g/mol. The Morgan fingerprint density at radius 1 is 1.62 bits per heavy atom. The molecule has 2 N–H and O–H groups in total. The van der Waals surface area contributed by atoms with Crippen molar-refractivity contribution in [3.05, 3.63) is 27.1 Å². The molecule has 5 nitrogen and oxygen atoms in total. The lowest BCUT2D eigenvalue weighted by atomic mass is 10.1. The van der Waals surface area contributed by atoms with Crippen molar-refractivity contribution in [1.82, 2.24) is 5.32 Å². The Balaban J connectivity index is 2.45. The van der Waals surface area contributed by atoms with Gasteiger partial charge in [0.25, 0.3) is 0 Å². The summed E-state index contributed by atoms with van der Waals surface area (Å²) in [5.74, 6) is 0.175. The van der Waals surface area contributed by atoms with Gasteiger partial charge in [-0.05, 0) is 18.4 Å². The largest absolute Gasteiger partial charge is 0.396 e. The third-order valence-electron chi connectivity index (χ3n) is 2.59. The van der Waals surface area contributed by atoms with Gasteiger partial charge in [0.1, 0.15) is 0 Å². The van der Waals surface area contributed by atoms with E-state index in [2.05, 4.69) is 5.32 Å². The zero-order valence-corrected chi connectivity index (χ0v) is 10.2. The fourth-order valence-corrected chi connectivity index (χ4v) is 1.92. The van der Waals surface area contributed by atoms with Gasteiger partial charge in [-0.15, -0.1) is 0 Å². The Labute approximate surface area is 98.3 Å². The summed E-state index contributed by atoms with van der Waals surface area (Å²) in [6.45, 7) is 4.67. The third-order valence-corrected chi connectivity index (χ3v) is 3.52. The molecule has 0 bridgehead atoms. The van der Waals surface area contributed by atoms with Crippen LogP contribution in [-0.2, 0) is 6.54 Å². The van der Waals surface area contributed by atoms with Crippen LogP contribution in [0.1, 0.15) is 19.4 Å². The number of nitrogens with one attached hydrogen (secondary N) is 1. The molecule has 1 heterocycles. The lowest BCUT2D eigenvalue weighted by Gasteiger charge is -2.18. The van der Waals surface area contributed by atoms with E-state index in [1.54, 1.807) is 11.4 Å². The molecule has 0 saturated heterocycles. The minimum atomic E-state index is -0.381. The Kier molecular flexibility index (Phi) is 4.85. The van der Waals surface area contributed by atoms with Crippen LogP contribution < -0.4 is 5.32 Å². The molecular weight excluding hydrogens is 228 g/mol. The van der Waals surface area contributed by atoms with Gasteiger partial charge in [0.15, 0.2) is 0 Å². The summed E-state index contributed by atoms with van der Waals surface area (Å²) in [6, 6.07) is 1.76. The Bertz CT molecular complexity index is 354. The summed E-state index contributed by atoms with van der Waals surface area (Å²) >= 11 is 1.14. The van der Waals surface area contributed by atoms with E-state index in [1.807, 2.05) is 13.8 Å². The predicted molar refractivity (Wildman–Crippen MR) is 63.5 cm³/mol. The van der Waals surface area contributed by atoms with Gasteiger partial charge in [0.05, 0.1) is 4.92 Å². The molecule has 0 aliphatic heterocycles. The Morgan fingerprint density at radius 2 is 2.31 bits per heavy atom. The maximum absolute atomic E-state index is 10.5. The molecule has 1 aromatic rings. The first-order chi connectivity index (χ1) is 7.54. The lowest BCUT2D eigenvalue weighted by Crippen LogP contribution is -2.33. The van der Waals surface area contributed by atoms with Crippen LogP contribution in [0.4, 0.5) is 5.00 Å². The lowest BCUT2D eigenvalue weighted by molar-refractivity contribution is -0.380. The van der Waals surface area contributed by atoms with Gasteiger partial charge in [0, 0.05) is 30.6 Å². The van der Waals surface area contributed by atoms with Crippen molar-refractivity contribution in [2.24, 2.45) is 5.92 Å². The SMILES string of the molecule is CC(CO)C(C)NCc1csc([N+](=O)[O-])c1. The number of aliphatic hydroxyl groups is 1.